The van der Waals surface area contributed by atoms with Crippen LogP contribution in [-0.4, -0.2) is 55.6 Å². The minimum atomic E-state index is -0.284. The molecular formula is C30H40N4O2. The summed E-state index contributed by atoms with van der Waals surface area (Å²) in [6.45, 7) is 8.07. The number of rotatable bonds is 9. The van der Waals surface area contributed by atoms with E-state index in [1.165, 1.54) is 33.0 Å². The fourth-order valence-corrected chi connectivity index (χ4v) is 4.63. The molecule has 6 nitrogen and oxygen atoms in total. The molecule has 1 unspecified atom stereocenters. The van der Waals surface area contributed by atoms with E-state index in [2.05, 4.69) is 71.8 Å². The minimum absolute atomic E-state index is 0.0917. The van der Waals surface area contributed by atoms with Gasteiger partial charge in [-0.2, -0.15) is 0 Å². The third-order valence-corrected chi connectivity index (χ3v) is 6.81. The number of nitrogens with two attached hydrogens (primary N) is 1. The molecule has 192 valence electrons. The Bertz CT molecular complexity index is 1170. The van der Waals surface area contributed by atoms with Gasteiger partial charge in [-0.05, 0) is 65.9 Å². The number of aliphatic hydroxyl groups excluding tert-OH is 1. The first kappa shape index (κ1) is 27.6. The van der Waals surface area contributed by atoms with E-state index in [1.54, 1.807) is 7.05 Å². The van der Waals surface area contributed by atoms with E-state index in [4.69, 9.17) is 10.8 Å². The molecule has 6 heteroatoms. The highest BCUT2D eigenvalue weighted by molar-refractivity contribution is 5.85. The zero-order valence-electron chi connectivity index (χ0n) is 21.8. The van der Waals surface area contributed by atoms with Crippen LogP contribution in [0.15, 0.2) is 71.9 Å². The molecule has 0 fully saturated rings. The van der Waals surface area contributed by atoms with Gasteiger partial charge in [0.15, 0.2) is 0 Å². The van der Waals surface area contributed by atoms with Crippen LogP contribution in [0.3, 0.4) is 0 Å². The Hall–Kier alpha value is -3.03. The van der Waals surface area contributed by atoms with Crippen molar-refractivity contribution in [2.24, 2.45) is 5.73 Å². The predicted octanol–water partition coefficient (Wildman–Crippen LogP) is 3.43. The number of nitrogens with one attached hydrogen (secondary N) is 2. The predicted molar refractivity (Wildman–Crippen MR) is 149 cm³/mol. The number of hydrogen-bond donors (Lipinski definition) is 4. The summed E-state index contributed by atoms with van der Waals surface area (Å²) in [6.07, 6.45) is 1.82. The van der Waals surface area contributed by atoms with E-state index in [0.717, 1.165) is 43.6 Å². The van der Waals surface area contributed by atoms with Crippen molar-refractivity contribution in [2.45, 2.75) is 39.4 Å². The molecule has 0 aromatic heterocycles. The smallest absolute Gasteiger partial charge is 0.141 e. The highest BCUT2D eigenvalue weighted by Gasteiger charge is 2.24. The lowest BCUT2D eigenvalue weighted by atomic mass is 9.98. The normalized spacial score (nSPS) is 14.8. The molecule has 36 heavy (non-hydrogen) atoms. The van der Waals surface area contributed by atoms with Gasteiger partial charge in [0.2, 0.25) is 0 Å². The van der Waals surface area contributed by atoms with Crippen molar-refractivity contribution >= 4 is 17.1 Å². The second-order valence-electron chi connectivity index (χ2n) is 9.28. The van der Waals surface area contributed by atoms with Crippen molar-refractivity contribution < 1.29 is 9.90 Å². The fraction of sp³-hybridized carbons (Fsp3) is 0.367. The number of likely N-dealkylation sites (N-methyl/N-ethyl adjacent to an activating group) is 1. The van der Waals surface area contributed by atoms with Crippen LogP contribution in [-0.2, 0) is 17.9 Å². The molecule has 1 atom stereocenters. The molecule has 5 N–H and O–H groups in total. The van der Waals surface area contributed by atoms with E-state index in [1.807, 2.05) is 18.2 Å². The van der Waals surface area contributed by atoms with Crippen LogP contribution in [0.4, 0.5) is 0 Å². The van der Waals surface area contributed by atoms with Crippen molar-refractivity contribution in [3.05, 3.63) is 94.2 Å². The molecule has 1 aliphatic heterocycles. The van der Waals surface area contributed by atoms with Gasteiger partial charge in [0.1, 0.15) is 6.29 Å². The van der Waals surface area contributed by atoms with Gasteiger partial charge in [0, 0.05) is 38.4 Å². The van der Waals surface area contributed by atoms with Gasteiger partial charge in [-0.3, -0.25) is 4.90 Å². The highest BCUT2D eigenvalue weighted by atomic mass is 16.3. The molecule has 1 aliphatic rings. The maximum atomic E-state index is 11.4. The standard InChI is InChI=1S/C19H29N3O2.C11H11N/c1-14-4-5-16(10-15(14)2)11-22-8-6-18(21-7-9-23)17(12-22)19(13-24)20-3;12-8-10-6-3-5-9-4-1-2-7-11(9)10/h4-5,10,13,19-21,23H,6-9,11-12H2,1-3H3;1-7H,8,12H2. The Balaban J connectivity index is 0.000000249. The molecule has 3 aromatic rings. The first-order valence-corrected chi connectivity index (χ1v) is 12.6. The van der Waals surface area contributed by atoms with Crippen molar-refractivity contribution in [1.82, 2.24) is 15.5 Å². The van der Waals surface area contributed by atoms with Gasteiger partial charge in [-0.15, -0.1) is 0 Å². The van der Waals surface area contributed by atoms with Crippen LogP contribution in [0.5, 0.6) is 0 Å². The molecule has 0 saturated carbocycles. The molecule has 3 aromatic carbocycles. The minimum Gasteiger partial charge on any atom is -0.395 e. The molecule has 0 radical (unpaired) electrons. The van der Waals surface area contributed by atoms with Crippen LogP contribution in [0, 0.1) is 13.8 Å². The second kappa shape index (κ2) is 13.9. The Labute approximate surface area is 215 Å². The van der Waals surface area contributed by atoms with Crippen LogP contribution < -0.4 is 16.4 Å². The van der Waals surface area contributed by atoms with Gasteiger partial charge in [-0.25, -0.2) is 0 Å². The SMILES string of the molecule is CNC(C=O)C1=C(NCCO)CCN(Cc2ccc(C)c(C)c2)C1.NCc1cccc2ccccc12. The zero-order valence-corrected chi connectivity index (χ0v) is 21.8. The molecule has 0 saturated heterocycles. The number of carbonyl (C=O) groups excluding carboxylic acids is 1. The maximum Gasteiger partial charge on any atom is 0.141 e. The summed E-state index contributed by atoms with van der Waals surface area (Å²) in [6, 6.07) is 20.8. The summed E-state index contributed by atoms with van der Waals surface area (Å²) in [5.74, 6) is 0. The van der Waals surface area contributed by atoms with Gasteiger partial charge in [0.05, 0.1) is 12.6 Å². The van der Waals surface area contributed by atoms with Gasteiger partial charge >= 0.3 is 0 Å². The maximum absolute atomic E-state index is 11.4. The fourth-order valence-electron chi connectivity index (χ4n) is 4.63. The average Bonchev–Trinajstić information content (AvgIpc) is 2.91. The molecule has 0 bridgehead atoms. The summed E-state index contributed by atoms with van der Waals surface area (Å²) in [5.41, 5.74) is 12.9. The molecule has 1 heterocycles. The Morgan fingerprint density at radius 1 is 1.08 bits per heavy atom. The third-order valence-electron chi connectivity index (χ3n) is 6.81. The van der Waals surface area contributed by atoms with Crippen LogP contribution >= 0.6 is 0 Å². The molecule has 0 amide bonds. The lowest BCUT2D eigenvalue weighted by molar-refractivity contribution is -0.108. The second-order valence-corrected chi connectivity index (χ2v) is 9.28. The van der Waals surface area contributed by atoms with Crippen molar-refractivity contribution in [2.75, 3.05) is 33.3 Å². The Morgan fingerprint density at radius 2 is 1.86 bits per heavy atom. The first-order chi connectivity index (χ1) is 17.5. The number of aryl methyl sites for hydroxylation is 2. The quantitative estimate of drug-likeness (QED) is 0.345. The first-order valence-electron chi connectivity index (χ1n) is 12.6. The zero-order chi connectivity index (χ0) is 25.9. The summed E-state index contributed by atoms with van der Waals surface area (Å²) in [4.78, 5) is 13.8. The topological polar surface area (TPSA) is 90.6 Å². The largest absolute Gasteiger partial charge is 0.395 e. The third kappa shape index (κ3) is 7.24. The molecule has 0 aliphatic carbocycles. The lowest BCUT2D eigenvalue weighted by Gasteiger charge is -2.33. The molecular weight excluding hydrogens is 448 g/mol. The van der Waals surface area contributed by atoms with Gasteiger partial charge < -0.3 is 26.3 Å². The van der Waals surface area contributed by atoms with E-state index in [-0.39, 0.29) is 12.6 Å². The van der Waals surface area contributed by atoms with E-state index in [9.17, 15) is 4.79 Å². The number of nitrogens with zero attached hydrogens (tertiary/aromatic N) is 1. The number of aliphatic hydroxyl groups is 1. The summed E-state index contributed by atoms with van der Waals surface area (Å²) in [5, 5.41) is 17.9. The van der Waals surface area contributed by atoms with Crippen LogP contribution in [0.2, 0.25) is 0 Å². The number of aldehydes is 1. The summed E-state index contributed by atoms with van der Waals surface area (Å²) in [7, 11) is 1.80. The number of hydrogen-bond acceptors (Lipinski definition) is 6. The van der Waals surface area contributed by atoms with E-state index < -0.39 is 0 Å². The Kier molecular flexibility index (Phi) is 10.6. The lowest BCUT2D eigenvalue weighted by Crippen LogP contribution is -2.42. The summed E-state index contributed by atoms with van der Waals surface area (Å²) < 4.78 is 0. The Morgan fingerprint density at radius 3 is 2.56 bits per heavy atom. The van der Waals surface area contributed by atoms with E-state index in [0.29, 0.717) is 13.1 Å². The highest BCUT2D eigenvalue weighted by Crippen LogP contribution is 2.21. The molecule has 0 spiro atoms. The van der Waals surface area contributed by atoms with Gasteiger partial charge in [-0.1, -0.05) is 60.7 Å². The van der Waals surface area contributed by atoms with Crippen molar-refractivity contribution in [1.29, 1.82) is 0 Å². The number of fused-ring (bicyclic) bond motifs is 1. The molecule has 4 rings (SSSR count). The van der Waals surface area contributed by atoms with E-state index >= 15 is 0 Å². The average molecular weight is 489 g/mol. The summed E-state index contributed by atoms with van der Waals surface area (Å²) >= 11 is 0. The van der Waals surface area contributed by atoms with Crippen LogP contribution in [0.1, 0.15) is 28.7 Å². The van der Waals surface area contributed by atoms with Crippen molar-refractivity contribution in [3.63, 3.8) is 0 Å². The van der Waals surface area contributed by atoms with Crippen molar-refractivity contribution in [3.8, 4) is 0 Å². The number of benzene rings is 3. The van der Waals surface area contributed by atoms with Gasteiger partial charge in [0.25, 0.3) is 0 Å². The monoisotopic (exact) mass is 488 g/mol. The number of carbonyl (C=O) groups is 1. The van der Waals surface area contributed by atoms with Crippen LogP contribution in [0.25, 0.3) is 10.8 Å².